The van der Waals surface area contributed by atoms with E-state index >= 15 is 0 Å². The molecule has 0 unspecified atom stereocenters. The molecule has 0 saturated heterocycles. The van der Waals surface area contributed by atoms with Crippen molar-refractivity contribution in [3.63, 3.8) is 0 Å². The molecule has 0 aliphatic carbocycles. The van der Waals surface area contributed by atoms with Gasteiger partial charge in [-0.15, -0.1) is 0 Å². The Kier molecular flexibility index (Phi) is 47.2. The number of rotatable bonds is 39. The summed E-state index contributed by atoms with van der Waals surface area (Å²) < 4.78 is 29.8. The Balaban J connectivity index is 0. The summed E-state index contributed by atoms with van der Waals surface area (Å²) in [6.45, 7) is 14.4. The first-order chi connectivity index (χ1) is 26.3. The number of carbonyl (C=O) groups excluding carboxylic acids is 3. The summed E-state index contributed by atoms with van der Waals surface area (Å²) in [7, 11) is 0. The van der Waals surface area contributed by atoms with E-state index in [1.807, 2.05) is 0 Å². The Bertz CT molecular complexity index is 810. The van der Waals surface area contributed by atoms with E-state index in [2.05, 4.69) is 43.0 Å². The summed E-state index contributed by atoms with van der Waals surface area (Å²) in [5.41, 5.74) is 0. The van der Waals surface area contributed by atoms with E-state index in [4.69, 9.17) is 10.9 Å². The maximum absolute atomic E-state index is 14.3. The minimum atomic E-state index is -4.00. The average Bonchev–Trinajstić information content (AvgIpc) is 3.18. The van der Waals surface area contributed by atoms with E-state index in [-0.39, 0.29) is 7.97 Å². The van der Waals surface area contributed by atoms with Gasteiger partial charge in [-0.25, -0.2) is 0 Å². The van der Waals surface area contributed by atoms with Crippen LogP contribution in [0.2, 0.25) is 17.7 Å². The molecule has 0 aromatic heterocycles. The van der Waals surface area contributed by atoms with Crippen molar-refractivity contribution in [1.82, 2.24) is 0 Å². The molecule has 0 saturated carbocycles. The number of carbonyl (C=O) groups is 2. The van der Waals surface area contributed by atoms with Gasteiger partial charge in [0.05, 0.1) is 0 Å². The fraction of sp³-hybridized carbons (Fsp3) is 0.930. The second-order valence-corrected chi connectivity index (χ2v) is 51.2. The van der Waals surface area contributed by atoms with Gasteiger partial charge in [0.2, 0.25) is 0 Å². The van der Waals surface area contributed by atoms with Gasteiger partial charge >= 0.3 is 346 Å². The van der Waals surface area contributed by atoms with Crippen LogP contribution < -0.4 is 0 Å². The van der Waals surface area contributed by atoms with Crippen molar-refractivity contribution in [2.45, 2.75) is 239 Å². The van der Waals surface area contributed by atoms with Gasteiger partial charge < -0.3 is 0 Å². The van der Waals surface area contributed by atoms with E-state index in [0.717, 1.165) is 94.8 Å². The molecule has 11 heteroatoms. The molecule has 0 heterocycles. The quantitative estimate of drug-likeness (QED) is 0.0447. The molecule has 0 radical (unpaired) electrons. The molecule has 0 fully saturated rings. The van der Waals surface area contributed by atoms with Crippen molar-refractivity contribution in [3.8, 4) is 0 Å². The van der Waals surface area contributed by atoms with Gasteiger partial charge in [0.25, 0.3) is 0 Å². The summed E-state index contributed by atoms with van der Waals surface area (Å²) >= 11 is -8.82. The number of hydrogen-bond donors (Lipinski definition) is 0. The monoisotopic (exact) mass is 1200 g/mol. The molecule has 0 atom stereocenters. The number of hydrogen-bond acceptors (Lipinski definition) is 7. The van der Waals surface area contributed by atoms with Gasteiger partial charge in [0.15, 0.2) is 0 Å². The summed E-state index contributed by atoms with van der Waals surface area (Å²) in [6, 6.07) is 0. The molecule has 320 valence electrons. The zero-order valence-electron chi connectivity index (χ0n) is 37.0. The third kappa shape index (κ3) is 32.5. The molecule has 0 bridgehead atoms. The molecule has 0 aromatic rings. The Morgan fingerprint density at radius 1 is 0.444 bits per heavy atom. The fourth-order valence-corrected chi connectivity index (χ4v) is 54.6. The first kappa shape index (κ1) is 57.7. The molecule has 0 aromatic carbocycles. The van der Waals surface area contributed by atoms with Crippen LogP contribution in [0.25, 0.3) is 0 Å². The SMILES string of the molecule is CCCCCCCCCCCCO[C](=O)[Sn]([CH2]CCC)([CH2]CCC)[O][Sn]([CH2]CCC)([CH2]CCC)[C](=O)OCCCCCCCCCCCC.O=[C]=[SnH][O][SnH3]. The summed E-state index contributed by atoms with van der Waals surface area (Å²) in [5.74, 6) is 0. The number of ether oxygens (including phenoxy) is 2. The molecule has 54 heavy (non-hydrogen) atoms. The van der Waals surface area contributed by atoms with E-state index in [1.165, 1.54) is 103 Å². The third-order valence-corrected chi connectivity index (χ3v) is 51.5. The Hall–Kier alpha value is 1.63. The summed E-state index contributed by atoms with van der Waals surface area (Å²) in [4.78, 5) is 37.8. The van der Waals surface area contributed by atoms with Gasteiger partial charge in [-0.2, -0.15) is 0 Å². The zero-order valence-corrected chi connectivity index (χ0v) is 51.7. The molecular formula is C43H90O7Sn4. The van der Waals surface area contributed by atoms with Crippen molar-refractivity contribution in [2.75, 3.05) is 13.2 Å². The van der Waals surface area contributed by atoms with Crippen molar-refractivity contribution in [1.29, 1.82) is 0 Å². The molecular weight excluding hydrogens is 1100 g/mol. The molecule has 0 aliphatic rings. The predicted molar refractivity (Wildman–Crippen MR) is 242 cm³/mol. The Labute approximate surface area is 368 Å². The minimum absolute atomic E-state index is 0.00342. The van der Waals surface area contributed by atoms with Crippen molar-refractivity contribution >= 4 is 93.5 Å². The first-order valence-corrected chi connectivity index (χ1v) is 41.7. The maximum atomic E-state index is 14.3. The van der Waals surface area contributed by atoms with E-state index in [9.17, 15) is 14.4 Å². The van der Waals surface area contributed by atoms with Crippen LogP contribution >= 0.6 is 0 Å². The van der Waals surface area contributed by atoms with Crippen molar-refractivity contribution in [2.24, 2.45) is 0 Å². The molecule has 7 nitrogen and oxygen atoms in total. The van der Waals surface area contributed by atoms with Crippen LogP contribution in [-0.2, 0) is 17.1 Å². The van der Waals surface area contributed by atoms with Gasteiger partial charge in [0.1, 0.15) is 0 Å². The van der Waals surface area contributed by atoms with Crippen molar-refractivity contribution < 1.29 is 26.7 Å². The van der Waals surface area contributed by atoms with Crippen LogP contribution in [0.4, 0.5) is 9.59 Å². The molecule has 0 amide bonds. The zero-order chi connectivity index (χ0) is 40.4. The summed E-state index contributed by atoms with van der Waals surface area (Å²) in [6.07, 6.45) is 33.4. The van der Waals surface area contributed by atoms with E-state index in [0.29, 0.717) is 36.2 Å². The third-order valence-electron chi connectivity index (χ3n) is 10.5. The van der Waals surface area contributed by atoms with Gasteiger partial charge in [-0.3, -0.25) is 0 Å². The Morgan fingerprint density at radius 2 is 0.704 bits per heavy atom. The Morgan fingerprint density at radius 3 is 0.926 bits per heavy atom. The van der Waals surface area contributed by atoms with Crippen LogP contribution in [0, 0.1) is 0 Å². The first-order valence-electron chi connectivity index (χ1n) is 23.1. The predicted octanol–water partition coefficient (Wildman–Crippen LogP) is 13.1. The van der Waals surface area contributed by atoms with Crippen LogP contribution in [0.5, 0.6) is 0 Å². The van der Waals surface area contributed by atoms with Crippen LogP contribution in [0.1, 0.15) is 221 Å². The van der Waals surface area contributed by atoms with Gasteiger partial charge in [-0.1, -0.05) is 26.7 Å². The molecule has 0 rings (SSSR count). The standard InChI is InChI=1S/2C13H25O2.4C4H9.CO.2O.4Sn.4H/c2*1-2-3-4-5-6-7-8-9-10-11-12-15-13-14;4*1-3-4-2;1-2;;;;;;;;;;/h2*2-12H2,1H3;4*1,3-4H2,2H3;;;;;;;;;;;. The average molecular weight is 1190 g/mol. The molecule has 0 N–H and O–H groups in total. The van der Waals surface area contributed by atoms with Gasteiger partial charge in [0, 0.05) is 0 Å². The van der Waals surface area contributed by atoms with Crippen molar-refractivity contribution in [3.05, 3.63) is 0 Å². The van der Waals surface area contributed by atoms with E-state index in [1.54, 1.807) is 3.89 Å². The second kappa shape index (κ2) is 44.2. The number of unbranched alkanes of at least 4 members (excludes halogenated alkanes) is 22. The molecule has 0 spiro atoms. The second-order valence-electron chi connectivity index (χ2n) is 15.6. The van der Waals surface area contributed by atoms with Gasteiger partial charge in [-0.05, 0) is 0 Å². The van der Waals surface area contributed by atoms with Crippen LogP contribution in [-0.4, -0.2) is 107 Å². The topological polar surface area (TPSA) is 88.1 Å². The van der Waals surface area contributed by atoms with Crippen LogP contribution in [0.3, 0.4) is 0 Å². The molecule has 0 aliphatic heterocycles. The van der Waals surface area contributed by atoms with E-state index < -0.39 is 58.7 Å². The fourth-order valence-electron chi connectivity index (χ4n) is 6.99. The van der Waals surface area contributed by atoms with Crippen LogP contribution in [0.15, 0.2) is 0 Å². The normalized spacial score (nSPS) is 11.5. The summed E-state index contributed by atoms with van der Waals surface area (Å²) in [5, 5.41) is 0.